The van der Waals surface area contributed by atoms with Gasteiger partial charge in [-0.25, -0.2) is 0 Å². The van der Waals surface area contributed by atoms with Gasteiger partial charge >= 0.3 is 29.6 Å². The molecule has 6 N–H and O–H groups in total. The third kappa shape index (κ3) is 15.7. The first-order valence-electron chi connectivity index (χ1n) is 3.36. The van der Waals surface area contributed by atoms with Crippen molar-refractivity contribution in [2.45, 2.75) is 38.8 Å². The van der Waals surface area contributed by atoms with Gasteiger partial charge in [-0.05, 0) is 27.7 Å². The van der Waals surface area contributed by atoms with Crippen LogP contribution in [0.5, 0.6) is 0 Å². The number of hydrogen-bond acceptors (Lipinski definition) is 3. The van der Waals surface area contributed by atoms with E-state index in [0.717, 1.165) is 0 Å². The van der Waals surface area contributed by atoms with Gasteiger partial charge in [0.05, 0.1) is 0 Å². The van der Waals surface area contributed by atoms with Gasteiger partial charge in [0.15, 0.2) is 0 Å². The van der Waals surface area contributed by atoms with E-state index in [1.807, 2.05) is 27.7 Å². The molecule has 0 amide bonds. The van der Waals surface area contributed by atoms with Crippen molar-refractivity contribution in [2.75, 3.05) is 0 Å². The van der Waals surface area contributed by atoms with Crippen LogP contribution in [0.3, 0.4) is 0 Å². The first-order chi connectivity index (χ1) is 4.98. The Bertz CT molecular complexity index is 142. The molecule has 0 aromatic rings. The van der Waals surface area contributed by atoms with E-state index in [2.05, 4.69) is 0 Å². The second-order valence-corrected chi connectivity index (χ2v) is 4.14. The van der Waals surface area contributed by atoms with E-state index in [0.29, 0.717) is 0 Å². The van der Waals surface area contributed by atoms with E-state index < -0.39 is 11.4 Å². The fourth-order valence-corrected chi connectivity index (χ4v) is 0. The fraction of sp³-hybridized carbons (Fsp3) is 1.00. The van der Waals surface area contributed by atoms with Crippen LogP contribution in [0.25, 0.3) is 0 Å². The molecule has 0 bridgehead atoms. The summed E-state index contributed by atoms with van der Waals surface area (Å²) in [7, 11) is 0. The molecule has 13 heavy (non-hydrogen) atoms. The van der Waals surface area contributed by atoms with Crippen LogP contribution in [0.15, 0.2) is 0 Å². The molecular formula is C6H19N2NaO3S. The standard InChI is InChI=1S/C6H16N2.Na.H2O3S.H/c1-5(2,7)6(3,4)8;;1-4(2)3;/h7-8H2,1-4H3;;(H2,1,2,3);/q;+1;;-1. The maximum atomic E-state index is 8.67. The molecule has 0 saturated heterocycles. The normalized spacial score (nSPS) is 11.5. The fourth-order valence-electron chi connectivity index (χ4n) is 0. The Hall–Kier alpha value is 0.990. The van der Waals surface area contributed by atoms with Crippen molar-refractivity contribution < 1.29 is 44.3 Å². The van der Waals surface area contributed by atoms with Crippen LogP contribution in [0.1, 0.15) is 29.1 Å². The molecule has 7 heteroatoms. The molecule has 0 aliphatic heterocycles. The van der Waals surface area contributed by atoms with Crippen LogP contribution in [-0.4, -0.2) is 24.4 Å². The van der Waals surface area contributed by atoms with Crippen molar-refractivity contribution in [3.8, 4) is 0 Å². The summed E-state index contributed by atoms with van der Waals surface area (Å²) >= 11 is -2.61. The molecule has 0 radical (unpaired) electrons. The van der Waals surface area contributed by atoms with Gasteiger partial charge < -0.3 is 12.9 Å². The van der Waals surface area contributed by atoms with E-state index >= 15 is 0 Å². The van der Waals surface area contributed by atoms with E-state index in [1.165, 1.54) is 0 Å². The maximum Gasteiger partial charge on any atom is 1.00 e. The Balaban J connectivity index is -0.0000000733. The van der Waals surface area contributed by atoms with Crippen LogP contribution in [-0.2, 0) is 11.4 Å². The molecule has 0 unspecified atom stereocenters. The second-order valence-electron chi connectivity index (χ2n) is 3.67. The quantitative estimate of drug-likeness (QED) is 0.284. The average molecular weight is 222 g/mol. The van der Waals surface area contributed by atoms with Gasteiger partial charge in [0.2, 0.25) is 0 Å². The Kier molecular flexibility index (Phi) is 11.0. The second kappa shape index (κ2) is 7.30. The van der Waals surface area contributed by atoms with E-state index in [1.54, 1.807) is 0 Å². The molecule has 0 atom stereocenters. The molecule has 5 nitrogen and oxygen atoms in total. The summed E-state index contributed by atoms with van der Waals surface area (Å²) in [4.78, 5) is 0. The Morgan fingerprint density at radius 2 is 1.15 bits per heavy atom. The molecule has 0 aliphatic carbocycles. The zero-order valence-corrected chi connectivity index (χ0v) is 11.7. The number of hydrogen-bond donors (Lipinski definition) is 4. The van der Waals surface area contributed by atoms with Crippen LogP contribution in [0.2, 0.25) is 0 Å². The molecule has 0 saturated carbocycles. The summed E-state index contributed by atoms with van der Waals surface area (Å²) in [5, 5.41) is 0. The summed E-state index contributed by atoms with van der Waals surface area (Å²) in [5.41, 5.74) is 10.8. The van der Waals surface area contributed by atoms with Gasteiger partial charge in [-0.3, -0.25) is 9.11 Å². The van der Waals surface area contributed by atoms with Gasteiger partial charge in [0, 0.05) is 11.1 Å². The van der Waals surface area contributed by atoms with Gasteiger partial charge in [-0.15, -0.1) is 0 Å². The van der Waals surface area contributed by atoms with Crippen LogP contribution < -0.4 is 41.0 Å². The van der Waals surface area contributed by atoms with Crippen molar-refractivity contribution >= 4 is 11.4 Å². The van der Waals surface area contributed by atoms with E-state index in [-0.39, 0.29) is 42.1 Å². The molecule has 0 fully saturated rings. The third-order valence-electron chi connectivity index (χ3n) is 1.66. The summed E-state index contributed by atoms with van der Waals surface area (Å²) in [6.07, 6.45) is 0. The topological polar surface area (TPSA) is 110 Å². The third-order valence-corrected chi connectivity index (χ3v) is 1.66. The average Bonchev–Trinajstić information content (AvgIpc) is 1.55. The monoisotopic (exact) mass is 222 g/mol. The summed E-state index contributed by atoms with van der Waals surface area (Å²) in [6.45, 7) is 7.69. The van der Waals surface area contributed by atoms with E-state index in [4.69, 9.17) is 24.8 Å². The molecule has 0 heterocycles. The van der Waals surface area contributed by atoms with Crippen molar-refractivity contribution in [2.24, 2.45) is 11.5 Å². The molecule has 0 aromatic heterocycles. The minimum atomic E-state index is -2.61. The Morgan fingerprint density at radius 1 is 1.08 bits per heavy atom. The zero-order chi connectivity index (χ0) is 10.6. The number of nitrogens with two attached hydrogens (primary N) is 2. The smallest absolute Gasteiger partial charge is 1.00 e. The number of rotatable bonds is 1. The van der Waals surface area contributed by atoms with Crippen LogP contribution >= 0.6 is 0 Å². The molecule has 0 aromatic carbocycles. The van der Waals surface area contributed by atoms with Crippen LogP contribution in [0.4, 0.5) is 0 Å². The minimum Gasteiger partial charge on any atom is -1.00 e. The molecular weight excluding hydrogens is 203 g/mol. The van der Waals surface area contributed by atoms with Crippen molar-refractivity contribution in [3.63, 3.8) is 0 Å². The van der Waals surface area contributed by atoms with Gasteiger partial charge in [0.1, 0.15) is 0 Å². The van der Waals surface area contributed by atoms with Crippen molar-refractivity contribution in [1.82, 2.24) is 0 Å². The zero-order valence-electron chi connectivity index (χ0n) is 9.87. The van der Waals surface area contributed by atoms with Gasteiger partial charge in [-0.2, -0.15) is 4.21 Å². The maximum absolute atomic E-state index is 8.67. The molecule has 0 rings (SSSR count). The predicted molar refractivity (Wildman–Crippen MR) is 51.0 cm³/mol. The predicted octanol–water partition coefficient (Wildman–Crippen LogP) is -2.74. The van der Waals surface area contributed by atoms with Gasteiger partial charge in [-0.1, -0.05) is 0 Å². The first kappa shape index (κ1) is 19.5. The summed E-state index contributed by atoms with van der Waals surface area (Å²) < 4.78 is 22.8. The van der Waals surface area contributed by atoms with Crippen molar-refractivity contribution in [3.05, 3.63) is 0 Å². The van der Waals surface area contributed by atoms with Crippen LogP contribution in [0, 0.1) is 0 Å². The van der Waals surface area contributed by atoms with E-state index in [9.17, 15) is 0 Å². The first-order valence-corrected chi connectivity index (χ1v) is 4.42. The Labute approximate surface area is 106 Å². The minimum absolute atomic E-state index is 0. The Morgan fingerprint density at radius 3 is 1.15 bits per heavy atom. The summed E-state index contributed by atoms with van der Waals surface area (Å²) in [5.74, 6) is 0. The van der Waals surface area contributed by atoms with Gasteiger partial charge in [0.25, 0.3) is 11.4 Å². The molecule has 78 valence electrons. The summed E-state index contributed by atoms with van der Waals surface area (Å²) in [6, 6.07) is 0. The largest absolute Gasteiger partial charge is 1.00 e. The molecule has 0 spiro atoms. The SMILES string of the molecule is CC(C)(N)C(C)(C)N.O=S(O)O.[H-].[Na+]. The van der Waals surface area contributed by atoms with Crippen molar-refractivity contribution in [1.29, 1.82) is 0 Å². The molecule has 0 aliphatic rings.